The summed E-state index contributed by atoms with van der Waals surface area (Å²) in [6.07, 6.45) is 6.42. The van der Waals surface area contributed by atoms with Gasteiger partial charge in [-0.3, -0.25) is 0 Å². The van der Waals surface area contributed by atoms with Crippen LogP contribution in [0.2, 0.25) is 0 Å². The van der Waals surface area contributed by atoms with Gasteiger partial charge in [0.25, 0.3) is 0 Å². The minimum Gasteiger partial charge on any atom is -0.381 e. The van der Waals surface area contributed by atoms with E-state index < -0.39 is 0 Å². The van der Waals surface area contributed by atoms with Gasteiger partial charge in [-0.15, -0.1) is 0 Å². The largest absolute Gasteiger partial charge is 0.381 e. The van der Waals surface area contributed by atoms with Crippen molar-refractivity contribution in [3.63, 3.8) is 0 Å². The minimum absolute atomic E-state index is 0.739. The lowest BCUT2D eigenvalue weighted by molar-refractivity contribution is 0.0963. The molecule has 0 spiro atoms. The van der Waals surface area contributed by atoms with E-state index in [1.165, 1.54) is 32.1 Å². The maximum atomic E-state index is 5.64. The summed E-state index contributed by atoms with van der Waals surface area (Å²) in [5.74, 6) is 1.61. The molecule has 0 amide bonds. The molecule has 0 heterocycles. The highest BCUT2D eigenvalue weighted by atomic mass is 16.5. The van der Waals surface area contributed by atoms with Gasteiger partial charge in [0.2, 0.25) is 0 Å². The monoisotopic (exact) mass is 200 g/mol. The molecule has 0 fully saturated rings. The molecule has 0 radical (unpaired) electrons. The molecule has 0 rings (SSSR count). The van der Waals surface area contributed by atoms with E-state index in [1.54, 1.807) is 0 Å². The van der Waals surface area contributed by atoms with Gasteiger partial charge < -0.3 is 4.74 Å². The average molecular weight is 200 g/mol. The van der Waals surface area contributed by atoms with Gasteiger partial charge in [-0.2, -0.15) is 0 Å². The third-order valence-corrected chi connectivity index (χ3v) is 2.87. The van der Waals surface area contributed by atoms with Crippen molar-refractivity contribution in [2.45, 2.75) is 59.8 Å². The predicted octanol–water partition coefficient (Wildman–Crippen LogP) is 4.27. The molecule has 0 aliphatic heterocycles. The second kappa shape index (κ2) is 9.51. The quantitative estimate of drug-likeness (QED) is 0.505. The second-order valence-corrected chi connectivity index (χ2v) is 4.62. The molecule has 0 saturated carbocycles. The third-order valence-electron chi connectivity index (χ3n) is 2.87. The van der Waals surface area contributed by atoms with E-state index in [2.05, 4.69) is 27.7 Å². The molecule has 0 aromatic carbocycles. The summed E-state index contributed by atoms with van der Waals surface area (Å²) in [7, 11) is 0. The van der Waals surface area contributed by atoms with E-state index in [-0.39, 0.29) is 0 Å². The molecule has 2 atom stereocenters. The molecule has 1 heteroatoms. The minimum atomic E-state index is 0.739. The van der Waals surface area contributed by atoms with Gasteiger partial charge in [0.1, 0.15) is 0 Å². The molecular formula is C13H28O. The summed E-state index contributed by atoms with van der Waals surface area (Å²) in [5.41, 5.74) is 0. The van der Waals surface area contributed by atoms with E-state index in [0.29, 0.717) is 0 Å². The van der Waals surface area contributed by atoms with Crippen molar-refractivity contribution in [3.05, 3.63) is 0 Å². The van der Waals surface area contributed by atoms with Crippen molar-refractivity contribution < 1.29 is 4.74 Å². The van der Waals surface area contributed by atoms with Crippen LogP contribution in [0, 0.1) is 11.8 Å². The fourth-order valence-corrected chi connectivity index (χ4v) is 1.60. The number of hydrogen-bond acceptors (Lipinski definition) is 1. The average Bonchev–Trinajstić information content (AvgIpc) is 2.17. The smallest absolute Gasteiger partial charge is 0.0491 e. The summed E-state index contributed by atoms with van der Waals surface area (Å²) in [5, 5.41) is 0. The molecule has 14 heavy (non-hydrogen) atoms. The summed E-state index contributed by atoms with van der Waals surface area (Å²) in [6.45, 7) is 11.0. The normalized spacial score (nSPS) is 15.4. The Morgan fingerprint density at radius 1 is 1.00 bits per heavy atom. The molecule has 1 nitrogen and oxygen atoms in total. The van der Waals surface area contributed by atoms with Crippen LogP contribution in [-0.4, -0.2) is 13.2 Å². The van der Waals surface area contributed by atoms with Crippen LogP contribution in [0.4, 0.5) is 0 Å². The first-order valence-corrected chi connectivity index (χ1v) is 6.28. The summed E-state index contributed by atoms with van der Waals surface area (Å²) >= 11 is 0. The lowest BCUT2D eigenvalue weighted by atomic mass is 10.0. The number of ether oxygens (including phenoxy) is 1. The van der Waals surface area contributed by atoms with Crippen LogP contribution in [-0.2, 0) is 4.74 Å². The Hall–Kier alpha value is -0.0400. The van der Waals surface area contributed by atoms with Crippen molar-refractivity contribution >= 4 is 0 Å². The molecule has 0 aliphatic rings. The zero-order valence-electron chi connectivity index (χ0n) is 10.5. The Kier molecular flexibility index (Phi) is 9.49. The van der Waals surface area contributed by atoms with E-state index >= 15 is 0 Å². The van der Waals surface area contributed by atoms with E-state index in [4.69, 9.17) is 4.74 Å². The van der Waals surface area contributed by atoms with Gasteiger partial charge in [-0.25, -0.2) is 0 Å². The fourth-order valence-electron chi connectivity index (χ4n) is 1.60. The van der Waals surface area contributed by atoms with Crippen molar-refractivity contribution in [2.75, 3.05) is 13.2 Å². The van der Waals surface area contributed by atoms with Crippen molar-refractivity contribution in [3.8, 4) is 0 Å². The lowest BCUT2D eigenvalue weighted by Crippen LogP contribution is -2.07. The highest BCUT2D eigenvalue weighted by Gasteiger charge is 2.01. The lowest BCUT2D eigenvalue weighted by Gasteiger charge is -2.11. The van der Waals surface area contributed by atoms with Gasteiger partial charge in [0.05, 0.1) is 0 Å². The summed E-state index contributed by atoms with van der Waals surface area (Å²) < 4.78 is 5.64. The maximum Gasteiger partial charge on any atom is 0.0491 e. The molecule has 0 N–H and O–H groups in total. The highest BCUT2D eigenvalue weighted by molar-refractivity contribution is 4.52. The van der Waals surface area contributed by atoms with Gasteiger partial charge >= 0.3 is 0 Å². The van der Waals surface area contributed by atoms with Gasteiger partial charge in [-0.05, 0) is 31.1 Å². The summed E-state index contributed by atoms with van der Waals surface area (Å²) in [4.78, 5) is 0. The molecule has 86 valence electrons. The Morgan fingerprint density at radius 3 is 2.29 bits per heavy atom. The Labute approximate surface area is 90.2 Å². The van der Waals surface area contributed by atoms with E-state index in [0.717, 1.165) is 25.0 Å². The van der Waals surface area contributed by atoms with Gasteiger partial charge in [-0.1, -0.05) is 40.5 Å². The topological polar surface area (TPSA) is 9.23 Å². The third kappa shape index (κ3) is 8.55. The SMILES string of the molecule is CCCC(C)COCCCC(C)CC. The van der Waals surface area contributed by atoms with Crippen LogP contribution in [0.1, 0.15) is 59.8 Å². The van der Waals surface area contributed by atoms with Crippen LogP contribution in [0.15, 0.2) is 0 Å². The Morgan fingerprint density at radius 2 is 1.71 bits per heavy atom. The molecule has 2 unspecified atom stereocenters. The van der Waals surface area contributed by atoms with Crippen LogP contribution >= 0.6 is 0 Å². The van der Waals surface area contributed by atoms with E-state index in [1.807, 2.05) is 0 Å². The van der Waals surface area contributed by atoms with Crippen LogP contribution in [0.25, 0.3) is 0 Å². The molecule has 0 aromatic heterocycles. The van der Waals surface area contributed by atoms with Crippen LogP contribution in [0.3, 0.4) is 0 Å². The first kappa shape index (κ1) is 14.0. The standard InChI is InChI=1S/C13H28O/c1-5-8-13(4)11-14-10-7-9-12(3)6-2/h12-13H,5-11H2,1-4H3. The van der Waals surface area contributed by atoms with Crippen LogP contribution < -0.4 is 0 Å². The van der Waals surface area contributed by atoms with Crippen molar-refractivity contribution in [1.82, 2.24) is 0 Å². The predicted molar refractivity (Wildman–Crippen MR) is 63.6 cm³/mol. The molecule has 0 saturated heterocycles. The van der Waals surface area contributed by atoms with E-state index in [9.17, 15) is 0 Å². The maximum absolute atomic E-state index is 5.64. The number of hydrogen-bond donors (Lipinski definition) is 0. The Balaban J connectivity index is 3.13. The zero-order chi connectivity index (χ0) is 10.8. The van der Waals surface area contributed by atoms with Crippen LogP contribution in [0.5, 0.6) is 0 Å². The zero-order valence-corrected chi connectivity index (χ0v) is 10.5. The summed E-state index contributed by atoms with van der Waals surface area (Å²) in [6, 6.07) is 0. The fraction of sp³-hybridized carbons (Fsp3) is 1.00. The molecule has 0 aliphatic carbocycles. The Bertz CT molecular complexity index is 112. The van der Waals surface area contributed by atoms with Gasteiger partial charge in [0, 0.05) is 13.2 Å². The molecule has 0 aromatic rings. The molecular weight excluding hydrogens is 172 g/mol. The first-order chi connectivity index (χ1) is 6.70. The number of rotatable bonds is 9. The van der Waals surface area contributed by atoms with Crippen molar-refractivity contribution in [2.24, 2.45) is 11.8 Å². The van der Waals surface area contributed by atoms with Crippen molar-refractivity contribution in [1.29, 1.82) is 0 Å². The van der Waals surface area contributed by atoms with Gasteiger partial charge in [0.15, 0.2) is 0 Å². The highest BCUT2D eigenvalue weighted by Crippen LogP contribution is 2.10. The first-order valence-electron chi connectivity index (χ1n) is 6.28. The second-order valence-electron chi connectivity index (χ2n) is 4.62. The molecule has 0 bridgehead atoms.